The normalized spacial score (nSPS) is 13.0. The van der Waals surface area contributed by atoms with Crippen molar-refractivity contribution in [3.05, 3.63) is 96.6 Å². The lowest BCUT2D eigenvalue weighted by Gasteiger charge is -2.23. The molecule has 0 fully saturated rings. The van der Waals surface area contributed by atoms with Crippen LogP contribution in [0.25, 0.3) is 0 Å². The molecule has 6 nitrogen and oxygen atoms in total. The van der Waals surface area contributed by atoms with E-state index in [0.717, 1.165) is 18.4 Å². The fourth-order valence-corrected chi connectivity index (χ4v) is 2.74. The highest BCUT2D eigenvalue weighted by atomic mass is 31.1. The van der Waals surface area contributed by atoms with E-state index >= 15 is 0 Å². The van der Waals surface area contributed by atoms with Crippen molar-refractivity contribution < 1.29 is 42.3 Å². The summed E-state index contributed by atoms with van der Waals surface area (Å²) in [6.45, 7) is 2.35. The third kappa shape index (κ3) is 12.8. The Morgan fingerprint density at radius 3 is 1.40 bits per heavy atom. The quantitative estimate of drug-likeness (QED) is 0.338. The number of benzene rings is 3. The smallest absolute Gasteiger partial charge is 0.414 e. The fourth-order valence-electron chi connectivity index (χ4n) is 2.24. The molecule has 0 saturated heterocycles. The Morgan fingerprint density at radius 2 is 1.14 bits per heavy atom. The van der Waals surface area contributed by atoms with Crippen LogP contribution in [0.2, 0.25) is 0 Å². The highest BCUT2D eigenvalue weighted by molar-refractivity contribution is 7.27. The Balaban J connectivity index is 0.000000273. The Morgan fingerprint density at radius 1 is 0.771 bits per heavy atom. The van der Waals surface area contributed by atoms with Gasteiger partial charge in [-0.15, -0.1) is 0 Å². The molecule has 0 aromatic heterocycles. The van der Waals surface area contributed by atoms with Gasteiger partial charge in [0.15, 0.2) is 6.10 Å². The molecule has 10 heteroatoms. The zero-order chi connectivity index (χ0) is 26.3. The van der Waals surface area contributed by atoms with Gasteiger partial charge in [-0.1, -0.05) is 61.5 Å². The van der Waals surface area contributed by atoms with E-state index in [9.17, 15) is 18.0 Å². The van der Waals surface area contributed by atoms with E-state index in [4.69, 9.17) is 24.4 Å². The van der Waals surface area contributed by atoms with Crippen molar-refractivity contribution in [2.75, 3.05) is 0 Å². The molecule has 0 amide bonds. The van der Waals surface area contributed by atoms with Crippen LogP contribution in [0.5, 0.6) is 11.5 Å². The minimum absolute atomic E-state index is 0.0129. The zero-order valence-electron chi connectivity index (χ0n) is 19.1. The molecule has 0 spiro atoms. The first-order valence-corrected chi connectivity index (χ1v) is 11.2. The zero-order valence-corrected chi connectivity index (χ0v) is 20.1. The maximum absolute atomic E-state index is 11.7. The van der Waals surface area contributed by atoms with E-state index in [-0.39, 0.29) is 9.03 Å². The van der Waals surface area contributed by atoms with Crippen LogP contribution in [-0.4, -0.2) is 39.7 Å². The molecule has 3 aromatic rings. The number of rotatable bonds is 7. The van der Waals surface area contributed by atoms with Crippen LogP contribution in [0.1, 0.15) is 24.2 Å². The largest absolute Gasteiger partial charge is 0.478 e. The van der Waals surface area contributed by atoms with Crippen LogP contribution >= 0.6 is 9.03 Å². The van der Waals surface area contributed by atoms with Gasteiger partial charge in [-0.3, -0.25) is 0 Å². The highest BCUT2D eigenvalue weighted by Gasteiger charge is 2.43. The Bertz CT molecular complexity index is 918. The average molecular weight is 512 g/mol. The summed E-state index contributed by atoms with van der Waals surface area (Å²) in [6, 6.07) is 27.5. The van der Waals surface area contributed by atoms with E-state index in [2.05, 4.69) is 0 Å². The number of carboxylic acid groups (broad SMARTS) is 1. The fraction of sp³-hybridized carbons (Fsp3) is 0.240. The lowest BCUT2D eigenvalue weighted by molar-refractivity contribution is -0.225. The van der Waals surface area contributed by atoms with Gasteiger partial charge in [0.05, 0.1) is 11.7 Å². The maximum atomic E-state index is 11.7. The van der Waals surface area contributed by atoms with E-state index in [1.165, 1.54) is 6.92 Å². The Labute approximate surface area is 203 Å². The topological polar surface area (TPSA) is 96.2 Å². The number of halogens is 3. The summed E-state index contributed by atoms with van der Waals surface area (Å²) in [6.07, 6.45) is -8.25. The Kier molecular flexibility index (Phi) is 13.4. The second kappa shape index (κ2) is 15.7. The molecular formula is C25H28F3O6P. The standard InChI is InChI=1S/C12H11O2P.C7H6O2.C6H11F3O2/c1-3-7-11(8-4-1)13-15-14-12-9-5-2-6-10-12;8-7(9)6-4-2-1-3-5-6;1-3(4(2)10)5(11)6(7,8)9/h1-10,15H;1-5H,(H,8,9);3-5,10-11H,1-2H3. The van der Waals surface area contributed by atoms with E-state index in [1.807, 2.05) is 60.7 Å². The molecule has 3 N–H and O–H groups in total. The lowest BCUT2D eigenvalue weighted by atomic mass is 9.99. The number of carboxylic acids is 1. The van der Waals surface area contributed by atoms with Gasteiger partial charge in [-0.2, -0.15) is 13.2 Å². The van der Waals surface area contributed by atoms with Crippen molar-refractivity contribution in [3.63, 3.8) is 0 Å². The second-order valence-electron chi connectivity index (χ2n) is 7.17. The molecule has 35 heavy (non-hydrogen) atoms. The summed E-state index contributed by atoms with van der Waals surface area (Å²) in [5.74, 6) is -0.413. The van der Waals surface area contributed by atoms with Crippen LogP contribution < -0.4 is 9.05 Å². The van der Waals surface area contributed by atoms with Crippen molar-refractivity contribution in [2.24, 2.45) is 5.92 Å². The third-order valence-corrected chi connectivity index (χ3v) is 5.06. The highest BCUT2D eigenvalue weighted by Crippen LogP contribution is 2.27. The molecule has 0 aliphatic carbocycles. The predicted molar refractivity (Wildman–Crippen MR) is 129 cm³/mol. The average Bonchev–Trinajstić information content (AvgIpc) is 2.85. The number of aliphatic hydroxyl groups excluding tert-OH is 2. The van der Waals surface area contributed by atoms with Crippen LogP contribution in [0.4, 0.5) is 13.2 Å². The first-order chi connectivity index (χ1) is 16.5. The molecule has 190 valence electrons. The van der Waals surface area contributed by atoms with Crippen LogP contribution in [0, 0.1) is 5.92 Å². The monoisotopic (exact) mass is 512 g/mol. The van der Waals surface area contributed by atoms with Crippen molar-refractivity contribution in [1.82, 2.24) is 0 Å². The van der Waals surface area contributed by atoms with Gasteiger partial charge in [0.25, 0.3) is 9.03 Å². The minimum Gasteiger partial charge on any atom is -0.478 e. The summed E-state index contributed by atoms with van der Waals surface area (Å²) in [7, 11) is -0.0129. The number of carbonyl (C=O) groups is 1. The predicted octanol–water partition coefficient (Wildman–Crippen LogP) is 5.96. The molecule has 0 radical (unpaired) electrons. The number of aromatic carboxylic acids is 1. The lowest BCUT2D eigenvalue weighted by Crippen LogP contribution is -2.39. The maximum Gasteiger partial charge on any atom is 0.414 e. The van der Waals surface area contributed by atoms with Gasteiger partial charge in [0, 0.05) is 5.92 Å². The number of aliphatic hydroxyl groups is 2. The first kappa shape index (κ1) is 29.9. The summed E-state index contributed by atoms with van der Waals surface area (Å²) in [4.78, 5) is 10.2. The Hall–Kier alpha value is -3.13. The van der Waals surface area contributed by atoms with Crippen LogP contribution in [0.3, 0.4) is 0 Å². The third-order valence-electron chi connectivity index (χ3n) is 4.42. The van der Waals surface area contributed by atoms with Gasteiger partial charge in [-0.05, 0) is 43.3 Å². The van der Waals surface area contributed by atoms with Gasteiger partial charge in [0.2, 0.25) is 0 Å². The van der Waals surface area contributed by atoms with Crippen molar-refractivity contribution in [1.29, 1.82) is 0 Å². The van der Waals surface area contributed by atoms with Crippen molar-refractivity contribution >= 4 is 15.0 Å². The van der Waals surface area contributed by atoms with Crippen LogP contribution in [-0.2, 0) is 0 Å². The van der Waals surface area contributed by atoms with Crippen molar-refractivity contribution in [2.45, 2.75) is 32.2 Å². The van der Waals surface area contributed by atoms with Gasteiger partial charge in [0.1, 0.15) is 11.5 Å². The molecular weight excluding hydrogens is 484 g/mol. The van der Waals surface area contributed by atoms with Gasteiger partial charge in [-0.25, -0.2) is 4.79 Å². The molecule has 3 aromatic carbocycles. The summed E-state index contributed by atoms with van der Waals surface area (Å²) >= 11 is 0. The molecule has 0 bridgehead atoms. The molecule has 3 rings (SSSR count). The number of hydrogen-bond donors (Lipinski definition) is 3. The second-order valence-corrected chi connectivity index (χ2v) is 7.75. The van der Waals surface area contributed by atoms with E-state index in [0.29, 0.717) is 5.56 Å². The first-order valence-electron chi connectivity index (χ1n) is 10.4. The summed E-state index contributed by atoms with van der Waals surface area (Å²) in [5.41, 5.74) is 0.331. The van der Waals surface area contributed by atoms with E-state index < -0.39 is 30.3 Å². The molecule has 0 heterocycles. The van der Waals surface area contributed by atoms with Gasteiger partial charge >= 0.3 is 12.1 Å². The summed E-state index contributed by atoms with van der Waals surface area (Å²) in [5, 5.41) is 25.6. The molecule has 0 aliphatic heterocycles. The van der Waals surface area contributed by atoms with Gasteiger partial charge < -0.3 is 24.4 Å². The SMILES string of the molecule is CC(O)C(C)C(O)C(F)(F)F.O=C(O)c1ccccc1.c1ccc(OPOc2ccccc2)cc1. The number of hydrogen-bond acceptors (Lipinski definition) is 5. The summed E-state index contributed by atoms with van der Waals surface area (Å²) < 4.78 is 45.9. The molecule has 3 atom stereocenters. The minimum atomic E-state index is -4.64. The van der Waals surface area contributed by atoms with E-state index in [1.54, 1.807) is 30.3 Å². The molecule has 0 saturated carbocycles. The number of para-hydroxylation sites is 2. The van der Waals surface area contributed by atoms with Crippen LogP contribution in [0.15, 0.2) is 91.0 Å². The number of alkyl halides is 3. The van der Waals surface area contributed by atoms with Crippen molar-refractivity contribution in [3.8, 4) is 11.5 Å². The molecule has 0 aliphatic rings. The molecule has 3 unspecified atom stereocenters.